The van der Waals surface area contributed by atoms with E-state index >= 15 is 0 Å². The Labute approximate surface area is 69.2 Å². The van der Waals surface area contributed by atoms with Crippen molar-refractivity contribution >= 4 is 0 Å². The van der Waals surface area contributed by atoms with Gasteiger partial charge in [0, 0.05) is 6.04 Å². The second-order valence-corrected chi connectivity index (χ2v) is 3.72. The van der Waals surface area contributed by atoms with Gasteiger partial charge in [0.1, 0.15) is 6.23 Å². The highest BCUT2D eigenvalue weighted by Crippen LogP contribution is 2.44. The molecule has 1 N–H and O–H groups in total. The van der Waals surface area contributed by atoms with Gasteiger partial charge in [0.15, 0.2) is 0 Å². The smallest absolute Gasteiger partial charge is 0.104 e. The first-order chi connectivity index (χ1) is 5.09. The van der Waals surface area contributed by atoms with E-state index in [1.807, 2.05) is 14.0 Å². The molecule has 0 aliphatic heterocycles. The molecule has 0 saturated heterocycles. The summed E-state index contributed by atoms with van der Waals surface area (Å²) in [5.74, 6) is 1.59. The molecule has 0 radical (unpaired) electrons. The maximum Gasteiger partial charge on any atom is 0.104 e. The van der Waals surface area contributed by atoms with Gasteiger partial charge in [-0.2, -0.15) is 0 Å². The van der Waals surface area contributed by atoms with Crippen LogP contribution in [0.15, 0.2) is 0 Å². The molecular formula is C9H19NO. The average Bonchev–Trinajstić information content (AvgIpc) is 2.59. The Balaban J connectivity index is 2.39. The first-order valence-electron chi connectivity index (χ1n) is 4.49. The standard InChI is InChI=1S/C9H19NO/c1-5-8-6(2)9(8)10(4)7(3)11/h6-9,11H,5H2,1-4H3. The van der Waals surface area contributed by atoms with Crippen LogP contribution in [0.3, 0.4) is 0 Å². The highest BCUT2D eigenvalue weighted by Gasteiger charge is 2.48. The van der Waals surface area contributed by atoms with Crippen LogP contribution < -0.4 is 0 Å². The molecule has 0 spiro atoms. The number of aliphatic hydroxyl groups is 1. The third-order valence-corrected chi connectivity index (χ3v) is 3.04. The fourth-order valence-electron chi connectivity index (χ4n) is 2.06. The van der Waals surface area contributed by atoms with Crippen molar-refractivity contribution < 1.29 is 5.11 Å². The van der Waals surface area contributed by atoms with Gasteiger partial charge >= 0.3 is 0 Å². The zero-order chi connectivity index (χ0) is 8.59. The van der Waals surface area contributed by atoms with Gasteiger partial charge in [0.2, 0.25) is 0 Å². The van der Waals surface area contributed by atoms with Crippen LogP contribution in [0.5, 0.6) is 0 Å². The summed E-state index contributed by atoms with van der Waals surface area (Å²) in [5, 5.41) is 9.29. The van der Waals surface area contributed by atoms with Crippen LogP contribution in [0.25, 0.3) is 0 Å². The molecule has 0 amide bonds. The van der Waals surface area contributed by atoms with Crippen molar-refractivity contribution in [3.63, 3.8) is 0 Å². The number of hydrogen-bond donors (Lipinski definition) is 1. The van der Waals surface area contributed by atoms with Crippen molar-refractivity contribution in [2.75, 3.05) is 7.05 Å². The fraction of sp³-hybridized carbons (Fsp3) is 1.00. The summed E-state index contributed by atoms with van der Waals surface area (Å²) in [4.78, 5) is 2.07. The summed E-state index contributed by atoms with van der Waals surface area (Å²) < 4.78 is 0. The van der Waals surface area contributed by atoms with Crippen LogP contribution in [0.2, 0.25) is 0 Å². The van der Waals surface area contributed by atoms with Crippen LogP contribution >= 0.6 is 0 Å². The third kappa shape index (κ3) is 1.57. The lowest BCUT2D eigenvalue weighted by Gasteiger charge is -2.20. The van der Waals surface area contributed by atoms with Crippen LogP contribution in [-0.2, 0) is 0 Å². The van der Waals surface area contributed by atoms with Crippen molar-refractivity contribution in [2.24, 2.45) is 11.8 Å². The monoisotopic (exact) mass is 157 g/mol. The minimum Gasteiger partial charge on any atom is -0.379 e. The quantitative estimate of drug-likeness (QED) is 0.624. The summed E-state index contributed by atoms with van der Waals surface area (Å²) in [6.07, 6.45) is 0.946. The molecule has 0 aromatic rings. The minimum atomic E-state index is -0.293. The lowest BCUT2D eigenvalue weighted by Crippen LogP contribution is -2.32. The fourth-order valence-corrected chi connectivity index (χ4v) is 2.06. The highest BCUT2D eigenvalue weighted by atomic mass is 16.3. The number of nitrogens with zero attached hydrogens (tertiary/aromatic N) is 1. The first kappa shape index (κ1) is 9.01. The molecule has 0 heterocycles. The van der Waals surface area contributed by atoms with E-state index in [9.17, 15) is 5.11 Å². The molecule has 1 fully saturated rings. The molecule has 4 unspecified atom stereocenters. The minimum absolute atomic E-state index is 0.293. The SMILES string of the molecule is CCC1C(C)C1N(C)C(C)O. The third-order valence-electron chi connectivity index (χ3n) is 3.04. The van der Waals surface area contributed by atoms with Crippen LogP contribution in [0.4, 0.5) is 0 Å². The van der Waals surface area contributed by atoms with E-state index in [1.54, 1.807) is 0 Å². The van der Waals surface area contributed by atoms with Crippen LogP contribution in [0, 0.1) is 11.8 Å². The lowest BCUT2D eigenvalue weighted by molar-refractivity contribution is 0.0268. The van der Waals surface area contributed by atoms with E-state index in [-0.39, 0.29) is 6.23 Å². The molecule has 1 aliphatic carbocycles. The molecule has 2 heteroatoms. The molecule has 0 aromatic carbocycles. The molecule has 11 heavy (non-hydrogen) atoms. The van der Waals surface area contributed by atoms with Gasteiger partial charge in [-0.3, -0.25) is 4.90 Å². The molecule has 0 aromatic heterocycles. The second kappa shape index (κ2) is 3.11. The Morgan fingerprint density at radius 1 is 1.55 bits per heavy atom. The summed E-state index contributed by atoms with van der Waals surface area (Å²) in [6.45, 7) is 6.31. The lowest BCUT2D eigenvalue weighted by atomic mass is 10.3. The Hall–Kier alpha value is -0.0800. The Bertz CT molecular complexity index is 136. The zero-order valence-electron chi connectivity index (χ0n) is 7.91. The molecule has 4 atom stereocenters. The van der Waals surface area contributed by atoms with Crippen molar-refractivity contribution in [2.45, 2.75) is 39.5 Å². The van der Waals surface area contributed by atoms with Crippen molar-refractivity contribution in [1.82, 2.24) is 4.90 Å². The molecule has 2 nitrogen and oxygen atoms in total. The molecule has 1 aliphatic rings. The van der Waals surface area contributed by atoms with Gasteiger partial charge in [0.25, 0.3) is 0 Å². The Morgan fingerprint density at radius 2 is 2.09 bits per heavy atom. The summed E-state index contributed by atoms with van der Waals surface area (Å²) in [6, 6.07) is 0.625. The second-order valence-electron chi connectivity index (χ2n) is 3.72. The van der Waals surface area contributed by atoms with Crippen molar-refractivity contribution in [1.29, 1.82) is 0 Å². The largest absolute Gasteiger partial charge is 0.379 e. The van der Waals surface area contributed by atoms with Gasteiger partial charge in [-0.1, -0.05) is 20.3 Å². The predicted molar refractivity (Wildman–Crippen MR) is 46.2 cm³/mol. The van der Waals surface area contributed by atoms with E-state index in [0.29, 0.717) is 6.04 Å². The van der Waals surface area contributed by atoms with Gasteiger partial charge < -0.3 is 5.11 Å². The van der Waals surface area contributed by atoms with E-state index in [1.165, 1.54) is 6.42 Å². The number of aliphatic hydroxyl groups excluding tert-OH is 1. The predicted octanol–water partition coefficient (Wildman–Crippen LogP) is 1.30. The zero-order valence-corrected chi connectivity index (χ0v) is 7.91. The molecule has 1 rings (SSSR count). The molecule has 66 valence electrons. The van der Waals surface area contributed by atoms with Crippen LogP contribution in [0.1, 0.15) is 27.2 Å². The summed E-state index contributed by atoms with van der Waals surface area (Å²) in [5.41, 5.74) is 0. The van der Waals surface area contributed by atoms with Gasteiger partial charge in [-0.25, -0.2) is 0 Å². The van der Waals surface area contributed by atoms with Crippen molar-refractivity contribution in [3.05, 3.63) is 0 Å². The van der Waals surface area contributed by atoms with Crippen molar-refractivity contribution in [3.8, 4) is 0 Å². The van der Waals surface area contributed by atoms with E-state index in [4.69, 9.17) is 0 Å². The topological polar surface area (TPSA) is 23.5 Å². The summed E-state index contributed by atoms with van der Waals surface area (Å²) >= 11 is 0. The highest BCUT2D eigenvalue weighted by molar-refractivity contribution is 5.00. The Kier molecular flexibility index (Phi) is 2.55. The molecular weight excluding hydrogens is 138 g/mol. The maximum atomic E-state index is 9.29. The Morgan fingerprint density at radius 3 is 2.36 bits per heavy atom. The maximum absolute atomic E-state index is 9.29. The van der Waals surface area contributed by atoms with Gasteiger partial charge in [-0.05, 0) is 25.8 Å². The van der Waals surface area contributed by atoms with Gasteiger partial charge in [-0.15, -0.1) is 0 Å². The molecule has 1 saturated carbocycles. The number of rotatable bonds is 3. The normalized spacial score (nSPS) is 39.3. The number of hydrogen-bond acceptors (Lipinski definition) is 2. The van der Waals surface area contributed by atoms with E-state index in [0.717, 1.165) is 11.8 Å². The summed E-state index contributed by atoms with van der Waals surface area (Å²) in [7, 11) is 2.00. The van der Waals surface area contributed by atoms with Crippen LogP contribution in [-0.4, -0.2) is 29.3 Å². The van der Waals surface area contributed by atoms with Gasteiger partial charge in [0.05, 0.1) is 0 Å². The average molecular weight is 157 g/mol. The molecule has 0 bridgehead atoms. The van der Waals surface area contributed by atoms with E-state index < -0.39 is 0 Å². The van der Waals surface area contributed by atoms with E-state index in [2.05, 4.69) is 18.7 Å². The first-order valence-corrected chi connectivity index (χ1v) is 4.49.